The number of rotatable bonds is 4. The van der Waals surface area contributed by atoms with Gasteiger partial charge in [0.25, 0.3) is 0 Å². The summed E-state index contributed by atoms with van der Waals surface area (Å²) in [6, 6.07) is 8.36. The zero-order valence-corrected chi connectivity index (χ0v) is 12.4. The molecule has 9 heteroatoms. The molecule has 0 bridgehead atoms. The van der Waals surface area contributed by atoms with Crippen LogP contribution in [-0.2, 0) is 4.74 Å². The van der Waals surface area contributed by atoms with Crippen LogP contribution in [0.5, 0.6) is 0 Å². The molecule has 120 valence electrons. The Kier molecular flexibility index (Phi) is 5.49. The van der Waals surface area contributed by atoms with Crippen LogP contribution >= 0.6 is 0 Å². The van der Waals surface area contributed by atoms with E-state index < -0.39 is 5.84 Å². The zero-order chi connectivity index (χ0) is 16.7. The molecular weight excluding hydrogens is 298 g/mol. The number of amidine groups is 1. The molecule has 1 heterocycles. The molecule has 0 saturated carbocycles. The second kappa shape index (κ2) is 7.77. The number of hydrogen-bond acceptors (Lipinski definition) is 6. The Balaban J connectivity index is 2.00. The number of nitrogens with one attached hydrogen (secondary N) is 3. The Bertz CT molecular complexity index is 659. The first-order chi connectivity index (χ1) is 11.1. The van der Waals surface area contributed by atoms with E-state index in [2.05, 4.69) is 15.8 Å². The molecule has 0 radical (unpaired) electrons. The van der Waals surface area contributed by atoms with Crippen LogP contribution in [0.3, 0.4) is 0 Å². The van der Waals surface area contributed by atoms with Crippen LogP contribution in [0, 0.1) is 16.7 Å². The van der Waals surface area contributed by atoms with Gasteiger partial charge in [-0.1, -0.05) is 6.07 Å². The van der Waals surface area contributed by atoms with E-state index in [9.17, 15) is 4.79 Å². The average molecular weight is 315 g/mol. The Morgan fingerprint density at radius 3 is 2.74 bits per heavy atom. The number of ether oxygens (including phenoxy) is 1. The van der Waals surface area contributed by atoms with Crippen molar-refractivity contribution in [1.29, 1.82) is 10.7 Å². The number of carbonyl (C=O) groups excluding carboxylic acids is 1. The van der Waals surface area contributed by atoms with Gasteiger partial charge < -0.3 is 20.7 Å². The molecule has 1 saturated heterocycles. The van der Waals surface area contributed by atoms with Gasteiger partial charge in [-0.3, -0.25) is 10.8 Å². The van der Waals surface area contributed by atoms with Crippen molar-refractivity contribution in [2.75, 3.05) is 37.0 Å². The fourth-order valence-corrected chi connectivity index (χ4v) is 1.90. The van der Waals surface area contributed by atoms with E-state index in [0.717, 1.165) is 0 Å². The van der Waals surface area contributed by atoms with Gasteiger partial charge in [-0.2, -0.15) is 10.4 Å². The van der Waals surface area contributed by atoms with Gasteiger partial charge in [0.15, 0.2) is 5.84 Å². The number of urea groups is 1. The molecule has 2 amide bonds. The number of nitrogens with zero attached hydrogens (tertiary/aromatic N) is 3. The summed E-state index contributed by atoms with van der Waals surface area (Å²) >= 11 is 0. The van der Waals surface area contributed by atoms with Gasteiger partial charge in [-0.05, 0) is 18.2 Å². The quantitative estimate of drug-likeness (QED) is 0.369. The van der Waals surface area contributed by atoms with E-state index in [1.54, 1.807) is 35.2 Å². The highest BCUT2D eigenvalue weighted by Crippen LogP contribution is 2.16. The highest BCUT2D eigenvalue weighted by Gasteiger charge is 2.16. The van der Waals surface area contributed by atoms with E-state index >= 15 is 0 Å². The number of morpholine rings is 1. The molecule has 0 aliphatic carbocycles. The van der Waals surface area contributed by atoms with E-state index in [1.165, 1.54) is 0 Å². The zero-order valence-electron chi connectivity index (χ0n) is 12.4. The molecule has 5 N–H and O–H groups in total. The summed E-state index contributed by atoms with van der Waals surface area (Å²) in [5.74, 6) is -0.420. The summed E-state index contributed by atoms with van der Waals surface area (Å²) in [6.07, 6.45) is 0. The maximum Gasteiger partial charge on any atom is 0.322 e. The van der Waals surface area contributed by atoms with Crippen molar-refractivity contribution in [3.63, 3.8) is 0 Å². The lowest BCUT2D eigenvalue weighted by atomic mass is 10.3. The third kappa shape index (κ3) is 4.69. The second-order valence-electron chi connectivity index (χ2n) is 4.71. The summed E-state index contributed by atoms with van der Waals surface area (Å²) in [5.41, 5.74) is 8.76. The number of nitrogens with two attached hydrogens (primary N) is 1. The molecule has 0 unspecified atom stereocenters. The SMILES string of the molecule is N#C/C(=N\Nc1cccc(NC(=O)N2CCOCC2)c1)C(=N)N. The molecule has 1 aliphatic heterocycles. The van der Waals surface area contributed by atoms with Crippen molar-refractivity contribution in [2.45, 2.75) is 0 Å². The molecule has 2 rings (SSSR count). The average Bonchev–Trinajstić information content (AvgIpc) is 2.56. The van der Waals surface area contributed by atoms with Crippen LogP contribution in [0.2, 0.25) is 0 Å². The van der Waals surface area contributed by atoms with Crippen molar-refractivity contribution in [3.05, 3.63) is 24.3 Å². The molecule has 1 aromatic rings. The number of hydrogen-bond donors (Lipinski definition) is 4. The third-order valence-electron chi connectivity index (χ3n) is 3.07. The number of anilines is 2. The van der Waals surface area contributed by atoms with Gasteiger partial charge in [-0.15, -0.1) is 0 Å². The van der Waals surface area contributed by atoms with Crippen molar-refractivity contribution in [2.24, 2.45) is 10.8 Å². The second-order valence-corrected chi connectivity index (χ2v) is 4.71. The highest BCUT2D eigenvalue weighted by molar-refractivity contribution is 6.45. The van der Waals surface area contributed by atoms with Crippen molar-refractivity contribution >= 4 is 29.0 Å². The van der Waals surface area contributed by atoms with Gasteiger partial charge in [0, 0.05) is 18.8 Å². The van der Waals surface area contributed by atoms with Gasteiger partial charge >= 0.3 is 6.03 Å². The van der Waals surface area contributed by atoms with E-state index in [4.69, 9.17) is 21.1 Å². The number of benzene rings is 1. The Labute approximate surface area is 133 Å². The van der Waals surface area contributed by atoms with Crippen LogP contribution in [-0.4, -0.2) is 48.8 Å². The number of hydrazone groups is 1. The minimum absolute atomic E-state index is 0.199. The molecule has 23 heavy (non-hydrogen) atoms. The maximum absolute atomic E-state index is 12.1. The Morgan fingerprint density at radius 1 is 1.39 bits per heavy atom. The smallest absolute Gasteiger partial charge is 0.322 e. The Morgan fingerprint density at radius 2 is 2.09 bits per heavy atom. The summed E-state index contributed by atoms with van der Waals surface area (Å²) < 4.78 is 5.20. The minimum atomic E-state index is -0.420. The van der Waals surface area contributed by atoms with E-state index in [-0.39, 0.29) is 11.7 Å². The van der Waals surface area contributed by atoms with Crippen molar-refractivity contribution < 1.29 is 9.53 Å². The Hall–Kier alpha value is -3.12. The molecule has 0 spiro atoms. The van der Waals surface area contributed by atoms with Crippen molar-refractivity contribution in [1.82, 2.24) is 4.90 Å². The summed E-state index contributed by atoms with van der Waals surface area (Å²) in [7, 11) is 0. The summed E-state index contributed by atoms with van der Waals surface area (Å²) in [4.78, 5) is 13.8. The fraction of sp³-hybridized carbons (Fsp3) is 0.286. The largest absolute Gasteiger partial charge is 0.382 e. The van der Waals surface area contributed by atoms with Gasteiger partial charge in [0.1, 0.15) is 6.07 Å². The normalized spacial score (nSPS) is 14.7. The first-order valence-electron chi connectivity index (χ1n) is 6.92. The van der Waals surface area contributed by atoms with Gasteiger partial charge in [0.05, 0.1) is 18.9 Å². The molecular formula is C14H17N7O2. The topological polar surface area (TPSA) is 140 Å². The third-order valence-corrected chi connectivity index (χ3v) is 3.07. The van der Waals surface area contributed by atoms with Gasteiger partial charge in [0.2, 0.25) is 5.71 Å². The standard InChI is InChI=1S/C14H17N7O2/c15-9-12(13(16)17)20-19-11-3-1-2-10(8-11)18-14(22)21-4-6-23-7-5-21/h1-3,8,19H,4-7H2,(H3,16,17)(H,18,22)/b20-12+. The molecule has 1 fully saturated rings. The number of carbonyl (C=O) groups is 1. The van der Waals surface area contributed by atoms with Crippen LogP contribution in [0.25, 0.3) is 0 Å². The summed E-state index contributed by atoms with van der Waals surface area (Å²) in [5, 5.41) is 22.5. The number of nitriles is 1. The lowest BCUT2D eigenvalue weighted by Crippen LogP contribution is -2.43. The molecule has 1 aromatic carbocycles. The molecule has 1 aliphatic rings. The van der Waals surface area contributed by atoms with E-state index in [1.807, 2.05) is 0 Å². The molecule has 9 nitrogen and oxygen atoms in total. The van der Waals surface area contributed by atoms with Gasteiger partial charge in [-0.25, -0.2) is 4.79 Å². The molecule has 0 aromatic heterocycles. The monoisotopic (exact) mass is 315 g/mol. The van der Waals surface area contributed by atoms with Crippen LogP contribution < -0.4 is 16.5 Å². The lowest BCUT2D eigenvalue weighted by molar-refractivity contribution is 0.0564. The first kappa shape index (κ1) is 16.3. The van der Waals surface area contributed by atoms with Crippen molar-refractivity contribution in [3.8, 4) is 6.07 Å². The predicted molar refractivity (Wildman–Crippen MR) is 86.4 cm³/mol. The van der Waals surface area contributed by atoms with Crippen LogP contribution in [0.1, 0.15) is 0 Å². The predicted octanol–water partition coefficient (Wildman–Crippen LogP) is 0.778. The highest BCUT2D eigenvalue weighted by atomic mass is 16.5. The maximum atomic E-state index is 12.1. The fourth-order valence-electron chi connectivity index (χ4n) is 1.90. The van der Waals surface area contributed by atoms with Crippen LogP contribution in [0.4, 0.5) is 16.2 Å². The lowest BCUT2D eigenvalue weighted by Gasteiger charge is -2.26. The number of amides is 2. The minimum Gasteiger partial charge on any atom is -0.382 e. The van der Waals surface area contributed by atoms with Crippen LogP contribution in [0.15, 0.2) is 29.4 Å². The first-order valence-corrected chi connectivity index (χ1v) is 6.92. The molecule has 0 atom stereocenters. The summed E-state index contributed by atoms with van der Waals surface area (Å²) in [6.45, 7) is 2.17. The van der Waals surface area contributed by atoms with E-state index in [0.29, 0.717) is 37.7 Å².